The number of piperidine rings is 1. The third kappa shape index (κ3) is 4.47. The van der Waals surface area contributed by atoms with Gasteiger partial charge in [0, 0.05) is 13.1 Å². The van der Waals surface area contributed by atoms with Gasteiger partial charge in [0.15, 0.2) is 6.61 Å². The molecule has 4 nitrogen and oxygen atoms in total. The van der Waals surface area contributed by atoms with Gasteiger partial charge in [-0.25, -0.2) is 0 Å². The van der Waals surface area contributed by atoms with Gasteiger partial charge in [-0.1, -0.05) is 32.9 Å². The summed E-state index contributed by atoms with van der Waals surface area (Å²) >= 11 is 0. The minimum absolute atomic E-state index is 0.0652. The van der Waals surface area contributed by atoms with Crippen molar-refractivity contribution in [2.75, 3.05) is 26.2 Å². The van der Waals surface area contributed by atoms with Crippen LogP contribution in [-0.2, 0) is 10.2 Å². The van der Waals surface area contributed by atoms with E-state index in [4.69, 9.17) is 10.5 Å². The van der Waals surface area contributed by atoms with E-state index in [1.54, 1.807) is 0 Å². The molecule has 0 unspecified atom stereocenters. The van der Waals surface area contributed by atoms with Crippen LogP contribution in [-0.4, -0.2) is 37.0 Å². The highest BCUT2D eigenvalue weighted by atomic mass is 16.5. The number of amides is 1. The van der Waals surface area contributed by atoms with Gasteiger partial charge in [0.25, 0.3) is 5.91 Å². The van der Waals surface area contributed by atoms with Crippen molar-refractivity contribution in [1.29, 1.82) is 0 Å². The largest absolute Gasteiger partial charge is 0.484 e. The third-order valence-corrected chi connectivity index (χ3v) is 4.38. The van der Waals surface area contributed by atoms with Crippen molar-refractivity contribution >= 4 is 5.91 Å². The summed E-state index contributed by atoms with van der Waals surface area (Å²) in [4.78, 5) is 14.0. The summed E-state index contributed by atoms with van der Waals surface area (Å²) in [7, 11) is 0. The molecule has 0 radical (unpaired) electrons. The Labute approximate surface area is 133 Å². The summed E-state index contributed by atoms with van der Waals surface area (Å²) in [5.41, 5.74) is 7.06. The molecule has 0 bridgehead atoms. The molecular formula is C18H28N2O2. The number of hydrogen-bond acceptors (Lipinski definition) is 3. The van der Waals surface area contributed by atoms with Crippen molar-refractivity contribution < 1.29 is 9.53 Å². The minimum Gasteiger partial charge on any atom is -0.484 e. The van der Waals surface area contributed by atoms with Crippen LogP contribution in [0.1, 0.15) is 39.2 Å². The average molecular weight is 304 g/mol. The van der Waals surface area contributed by atoms with E-state index >= 15 is 0 Å². The van der Waals surface area contributed by atoms with Gasteiger partial charge in [-0.2, -0.15) is 0 Å². The molecular weight excluding hydrogens is 276 g/mol. The Hall–Kier alpha value is -1.55. The molecule has 0 spiro atoms. The van der Waals surface area contributed by atoms with Crippen molar-refractivity contribution in [1.82, 2.24) is 4.90 Å². The quantitative estimate of drug-likeness (QED) is 0.930. The zero-order valence-corrected chi connectivity index (χ0v) is 14.0. The zero-order chi connectivity index (χ0) is 16.2. The van der Waals surface area contributed by atoms with E-state index in [2.05, 4.69) is 32.9 Å². The summed E-state index contributed by atoms with van der Waals surface area (Å²) in [5.74, 6) is 1.38. The van der Waals surface area contributed by atoms with Crippen LogP contribution >= 0.6 is 0 Å². The Bertz CT molecular complexity index is 483. The average Bonchev–Trinajstić information content (AvgIpc) is 2.52. The molecule has 2 N–H and O–H groups in total. The Morgan fingerprint density at radius 1 is 1.23 bits per heavy atom. The molecule has 1 heterocycles. The first kappa shape index (κ1) is 16.8. The fraction of sp³-hybridized carbons (Fsp3) is 0.611. The number of carbonyl (C=O) groups is 1. The third-order valence-electron chi connectivity index (χ3n) is 4.38. The number of hydrogen-bond donors (Lipinski definition) is 1. The summed E-state index contributed by atoms with van der Waals surface area (Å²) < 4.78 is 5.63. The lowest BCUT2D eigenvalue weighted by atomic mass is 9.87. The number of ether oxygens (including phenoxy) is 1. The molecule has 2 rings (SSSR count). The molecule has 22 heavy (non-hydrogen) atoms. The Morgan fingerprint density at radius 2 is 1.82 bits per heavy atom. The highest BCUT2D eigenvalue weighted by molar-refractivity contribution is 5.77. The molecule has 122 valence electrons. The Kier molecular flexibility index (Phi) is 5.46. The van der Waals surface area contributed by atoms with Crippen LogP contribution in [0.3, 0.4) is 0 Å². The Morgan fingerprint density at radius 3 is 2.32 bits per heavy atom. The van der Waals surface area contributed by atoms with Gasteiger partial charge in [0.05, 0.1) is 0 Å². The first-order valence-electron chi connectivity index (χ1n) is 8.11. The molecule has 1 aliphatic rings. The maximum absolute atomic E-state index is 12.2. The van der Waals surface area contributed by atoms with E-state index < -0.39 is 0 Å². The summed E-state index contributed by atoms with van der Waals surface area (Å²) in [6, 6.07) is 8.00. The van der Waals surface area contributed by atoms with Gasteiger partial charge in [0.2, 0.25) is 0 Å². The fourth-order valence-electron chi connectivity index (χ4n) is 2.71. The van der Waals surface area contributed by atoms with Crippen LogP contribution in [0.5, 0.6) is 5.75 Å². The van der Waals surface area contributed by atoms with E-state index in [9.17, 15) is 4.79 Å². The van der Waals surface area contributed by atoms with Crippen molar-refractivity contribution in [3.63, 3.8) is 0 Å². The number of rotatable bonds is 4. The van der Waals surface area contributed by atoms with E-state index in [-0.39, 0.29) is 17.9 Å². The van der Waals surface area contributed by atoms with Crippen LogP contribution in [0.4, 0.5) is 0 Å². The highest BCUT2D eigenvalue weighted by Crippen LogP contribution is 2.24. The topological polar surface area (TPSA) is 55.6 Å². The van der Waals surface area contributed by atoms with Crippen molar-refractivity contribution in [2.45, 2.75) is 39.0 Å². The lowest BCUT2D eigenvalue weighted by Crippen LogP contribution is -2.42. The monoisotopic (exact) mass is 304 g/mol. The lowest BCUT2D eigenvalue weighted by Gasteiger charge is -2.31. The Balaban J connectivity index is 1.81. The predicted molar refractivity (Wildman–Crippen MR) is 89.0 cm³/mol. The molecule has 1 fully saturated rings. The number of carbonyl (C=O) groups excluding carboxylic acids is 1. The van der Waals surface area contributed by atoms with Crippen LogP contribution in [0, 0.1) is 5.92 Å². The van der Waals surface area contributed by atoms with Crippen LogP contribution in [0.15, 0.2) is 24.3 Å². The van der Waals surface area contributed by atoms with Crippen LogP contribution in [0.2, 0.25) is 0 Å². The van der Waals surface area contributed by atoms with Gasteiger partial charge in [0.1, 0.15) is 5.75 Å². The van der Waals surface area contributed by atoms with Gasteiger partial charge < -0.3 is 15.4 Å². The zero-order valence-electron chi connectivity index (χ0n) is 14.0. The van der Waals surface area contributed by atoms with E-state index in [0.717, 1.165) is 38.2 Å². The van der Waals surface area contributed by atoms with Crippen LogP contribution in [0.25, 0.3) is 0 Å². The molecule has 0 aliphatic carbocycles. The minimum atomic E-state index is 0.0652. The standard InChI is InChI=1S/C18H28N2O2/c1-18(2,3)15-4-6-16(7-5-15)22-13-17(21)20-10-8-14(12-19)9-11-20/h4-7,14H,8-13,19H2,1-3H3. The second-order valence-corrected chi connectivity index (χ2v) is 7.12. The number of benzene rings is 1. The smallest absolute Gasteiger partial charge is 0.260 e. The fourth-order valence-corrected chi connectivity index (χ4v) is 2.71. The molecule has 1 saturated heterocycles. The number of nitrogens with zero attached hydrogens (tertiary/aromatic N) is 1. The van der Waals surface area contributed by atoms with E-state index in [1.165, 1.54) is 5.56 Å². The van der Waals surface area contributed by atoms with Gasteiger partial charge in [-0.05, 0) is 48.4 Å². The van der Waals surface area contributed by atoms with Crippen molar-refractivity contribution in [3.05, 3.63) is 29.8 Å². The lowest BCUT2D eigenvalue weighted by molar-refractivity contribution is -0.134. The van der Waals surface area contributed by atoms with Crippen molar-refractivity contribution in [2.24, 2.45) is 11.7 Å². The molecule has 0 atom stereocenters. The van der Waals surface area contributed by atoms with Crippen LogP contribution < -0.4 is 10.5 Å². The first-order chi connectivity index (χ1) is 10.4. The molecule has 0 aromatic heterocycles. The maximum atomic E-state index is 12.2. The normalized spacial score (nSPS) is 16.6. The van der Waals surface area contributed by atoms with Gasteiger partial charge in [-0.3, -0.25) is 4.79 Å². The second-order valence-electron chi connectivity index (χ2n) is 7.12. The number of nitrogens with two attached hydrogens (primary N) is 1. The highest BCUT2D eigenvalue weighted by Gasteiger charge is 2.22. The van der Waals surface area contributed by atoms with E-state index in [1.807, 2.05) is 17.0 Å². The maximum Gasteiger partial charge on any atom is 0.260 e. The molecule has 1 aromatic rings. The molecule has 1 aromatic carbocycles. The first-order valence-corrected chi connectivity index (χ1v) is 8.11. The molecule has 1 aliphatic heterocycles. The molecule has 0 saturated carbocycles. The summed E-state index contributed by atoms with van der Waals surface area (Å²) in [6.45, 7) is 8.97. The van der Waals surface area contributed by atoms with Gasteiger partial charge >= 0.3 is 0 Å². The predicted octanol–water partition coefficient (Wildman–Crippen LogP) is 2.56. The second kappa shape index (κ2) is 7.14. The molecule has 4 heteroatoms. The summed E-state index contributed by atoms with van der Waals surface area (Å²) in [6.07, 6.45) is 2.00. The van der Waals surface area contributed by atoms with Crippen molar-refractivity contribution in [3.8, 4) is 5.75 Å². The molecule has 1 amide bonds. The van der Waals surface area contributed by atoms with Gasteiger partial charge in [-0.15, -0.1) is 0 Å². The summed E-state index contributed by atoms with van der Waals surface area (Å²) in [5, 5.41) is 0. The van der Waals surface area contributed by atoms with E-state index in [0.29, 0.717) is 5.92 Å². The number of likely N-dealkylation sites (tertiary alicyclic amines) is 1. The SMILES string of the molecule is CC(C)(C)c1ccc(OCC(=O)N2CCC(CN)CC2)cc1.